The third kappa shape index (κ3) is 4.71. The minimum absolute atomic E-state index is 0.0180. The van der Waals surface area contributed by atoms with Crippen LogP contribution >= 0.6 is 11.6 Å². The second-order valence-electron chi connectivity index (χ2n) is 11.9. The number of aryl methyl sites for hydroxylation is 1. The Kier molecular flexibility index (Phi) is 7.96. The second-order valence-corrected chi connectivity index (χ2v) is 12.4. The van der Waals surface area contributed by atoms with Crippen LogP contribution in [0.25, 0.3) is 0 Å². The fourth-order valence-corrected chi connectivity index (χ4v) is 7.88. The number of carbonyl (C=O) groups is 3. The van der Waals surface area contributed by atoms with Crippen molar-refractivity contribution in [2.24, 2.45) is 11.8 Å². The number of para-hydroxylation sites is 1. The molecule has 5 atom stereocenters. The van der Waals surface area contributed by atoms with Crippen molar-refractivity contribution in [1.82, 2.24) is 9.80 Å². The summed E-state index contributed by atoms with van der Waals surface area (Å²) in [6.45, 7) is 5.19. The van der Waals surface area contributed by atoms with Gasteiger partial charge < -0.3 is 24.5 Å². The van der Waals surface area contributed by atoms with Crippen LogP contribution < -0.4 is 4.90 Å². The van der Waals surface area contributed by atoms with Crippen LogP contribution in [0.4, 0.5) is 5.69 Å². The Balaban J connectivity index is 1.46. The highest BCUT2D eigenvalue weighted by atomic mass is 35.5. The molecule has 0 aromatic heterocycles. The Morgan fingerprint density at radius 2 is 1.70 bits per heavy atom. The van der Waals surface area contributed by atoms with Crippen LogP contribution in [0.3, 0.4) is 0 Å². The highest BCUT2D eigenvalue weighted by Crippen LogP contribution is 2.59. The van der Waals surface area contributed by atoms with Gasteiger partial charge in [-0.15, -0.1) is 0 Å². The van der Waals surface area contributed by atoms with Crippen molar-refractivity contribution in [3.8, 4) is 0 Å². The molecule has 0 bridgehead atoms. The molecular weight excluding hydrogens is 566 g/mol. The maximum absolute atomic E-state index is 14.7. The number of likely N-dealkylation sites (tertiary alicyclic amines) is 1. The van der Waals surface area contributed by atoms with Gasteiger partial charge in [-0.05, 0) is 43.4 Å². The molecule has 2 aromatic rings. The first kappa shape index (κ1) is 29.6. The first-order valence-electron chi connectivity index (χ1n) is 15.1. The fraction of sp³-hybridized carbons (Fsp3) is 0.441. The number of hydrogen-bond acceptors (Lipinski definition) is 5. The summed E-state index contributed by atoms with van der Waals surface area (Å²) >= 11 is 6.65. The number of halogens is 1. The number of amides is 3. The molecule has 3 amide bonds. The third-order valence-corrected chi connectivity index (χ3v) is 9.81. The third-order valence-electron chi connectivity index (χ3n) is 9.50. The van der Waals surface area contributed by atoms with Crippen LogP contribution in [0.15, 0.2) is 72.8 Å². The number of ether oxygens (including phenoxy) is 1. The predicted molar refractivity (Wildman–Crippen MR) is 164 cm³/mol. The molecule has 2 saturated heterocycles. The van der Waals surface area contributed by atoms with Crippen LogP contribution in [0.5, 0.6) is 0 Å². The number of anilines is 1. The summed E-state index contributed by atoms with van der Waals surface area (Å²) in [7, 11) is 0. The van der Waals surface area contributed by atoms with Crippen molar-refractivity contribution in [3.05, 3.63) is 89.0 Å². The van der Waals surface area contributed by atoms with Gasteiger partial charge in [0, 0.05) is 32.8 Å². The highest BCUT2D eigenvalue weighted by molar-refractivity contribution is 6.34. The fourth-order valence-electron chi connectivity index (χ4n) is 7.56. The molecule has 8 nitrogen and oxygen atoms in total. The van der Waals surface area contributed by atoms with Crippen molar-refractivity contribution in [2.45, 2.75) is 56.9 Å². The Bertz CT molecular complexity index is 1460. The SMILES string of the molecule is CC[C@]12C=CCN(Cc3ccccc3)C(=O)[C@H]1[C@H]1C(=O)N(CCCCO)C3C(=O)N(c4c(C)cccc4Cl)CC=C[C@@]31O2. The zero-order chi connectivity index (χ0) is 30.4. The monoisotopic (exact) mass is 603 g/mol. The van der Waals surface area contributed by atoms with Crippen molar-refractivity contribution in [3.63, 3.8) is 0 Å². The molecule has 226 valence electrons. The van der Waals surface area contributed by atoms with Crippen molar-refractivity contribution in [2.75, 3.05) is 31.1 Å². The summed E-state index contributed by atoms with van der Waals surface area (Å²) in [6.07, 6.45) is 9.13. The van der Waals surface area contributed by atoms with E-state index in [0.717, 1.165) is 11.1 Å². The maximum atomic E-state index is 14.7. The Hall–Kier alpha value is -3.46. The first-order chi connectivity index (χ1) is 20.8. The number of hydrogen-bond donors (Lipinski definition) is 1. The summed E-state index contributed by atoms with van der Waals surface area (Å²) in [4.78, 5) is 48.8. The van der Waals surface area contributed by atoms with E-state index in [1.165, 1.54) is 0 Å². The molecule has 1 spiro atoms. The van der Waals surface area contributed by atoms with E-state index in [9.17, 15) is 19.5 Å². The van der Waals surface area contributed by atoms with Gasteiger partial charge >= 0.3 is 0 Å². The van der Waals surface area contributed by atoms with E-state index in [0.29, 0.717) is 43.1 Å². The van der Waals surface area contributed by atoms with Crippen LogP contribution in [0, 0.1) is 18.8 Å². The Morgan fingerprint density at radius 3 is 2.42 bits per heavy atom. The smallest absolute Gasteiger partial charge is 0.253 e. The van der Waals surface area contributed by atoms with Gasteiger partial charge in [-0.2, -0.15) is 0 Å². The van der Waals surface area contributed by atoms with Crippen molar-refractivity contribution < 1.29 is 24.2 Å². The normalized spacial score (nSPS) is 29.9. The zero-order valence-electron chi connectivity index (χ0n) is 24.6. The van der Waals surface area contributed by atoms with Crippen LogP contribution in [-0.2, 0) is 25.7 Å². The number of benzene rings is 2. The van der Waals surface area contributed by atoms with E-state index < -0.39 is 29.1 Å². The van der Waals surface area contributed by atoms with Gasteiger partial charge in [-0.3, -0.25) is 14.4 Å². The largest absolute Gasteiger partial charge is 0.396 e. The van der Waals surface area contributed by atoms with Crippen molar-refractivity contribution >= 4 is 35.0 Å². The number of aliphatic hydroxyl groups excluding tert-OH is 1. The van der Waals surface area contributed by atoms with Gasteiger partial charge in [0.2, 0.25) is 11.8 Å². The Morgan fingerprint density at radius 1 is 0.930 bits per heavy atom. The molecule has 0 radical (unpaired) electrons. The minimum Gasteiger partial charge on any atom is -0.396 e. The standard InChI is InChI=1S/C34H38ClN3O5/c1-3-33-16-10-18-36(22-24-13-5-4-6-14-24)30(40)26(33)27-31(41)38(19-7-8-21-39)29-32(42)37(20-11-17-34(27,29)43-33)28-23(2)12-9-15-25(28)35/h4-6,9-17,26-27,29,39H,3,7-8,18-22H2,1-2H3/t26-,27+,29?,33+,34+/m1/s1. The lowest BCUT2D eigenvalue weighted by Crippen LogP contribution is -2.56. The van der Waals surface area contributed by atoms with E-state index in [1.54, 1.807) is 20.8 Å². The number of rotatable bonds is 8. The van der Waals surface area contributed by atoms with E-state index >= 15 is 0 Å². The summed E-state index contributed by atoms with van der Waals surface area (Å²) in [5.41, 5.74) is 0.0598. The van der Waals surface area contributed by atoms with Gasteiger partial charge in [0.25, 0.3) is 5.91 Å². The molecule has 2 aromatic carbocycles. The number of nitrogens with zero attached hydrogens (tertiary/aromatic N) is 3. The number of aliphatic hydroxyl groups is 1. The quantitative estimate of drug-likeness (QED) is 0.359. The van der Waals surface area contributed by atoms with Gasteiger partial charge in [0.1, 0.15) is 11.6 Å². The Labute approximate surface area is 257 Å². The van der Waals surface area contributed by atoms with Gasteiger partial charge in [0.15, 0.2) is 0 Å². The molecular formula is C34H38ClN3O5. The van der Waals surface area contributed by atoms with Crippen LogP contribution in [-0.4, -0.2) is 76.1 Å². The highest BCUT2D eigenvalue weighted by Gasteiger charge is 2.75. The molecule has 4 aliphatic rings. The molecule has 2 fully saturated rings. The zero-order valence-corrected chi connectivity index (χ0v) is 25.4. The average molecular weight is 604 g/mol. The summed E-state index contributed by atoms with van der Waals surface area (Å²) < 4.78 is 7.06. The molecule has 0 saturated carbocycles. The lowest BCUT2D eigenvalue weighted by molar-refractivity contribution is -0.150. The van der Waals surface area contributed by atoms with Crippen LogP contribution in [0.2, 0.25) is 5.02 Å². The molecule has 9 heteroatoms. The lowest BCUT2D eigenvalue weighted by Gasteiger charge is -2.38. The molecule has 4 aliphatic heterocycles. The topological polar surface area (TPSA) is 90.4 Å². The van der Waals surface area contributed by atoms with Crippen LogP contribution in [0.1, 0.15) is 37.3 Å². The molecule has 0 aliphatic carbocycles. The molecule has 4 heterocycles. The van der Waals surface area contributed by atoms with E-state index in [2.05, 4.69) is 0 Å². The second kappa shape index (κ2) is 11.6. The summed E-state index contributed by atoms with van der Waals surface area (Å²) in [5, 5.41) is 9.94. The number of fused-ring (bicyclic) bond motifs is 2. The lowest BCUT2D eigenvalue weighted by atomic mass is 9.73. The number of unbranched alkanes of at least 4 members (excludes halogenated alkanes) is 1. The minimum atomic E-state index is -1.34. The maximum Gasteiger partial charge on any atom is 0.253 e. The molecule has 1 N–H and O–H groups in total. The van der Waals surface area contributed by atoms with E-state index in [4.69, 9.17) is 16.3 Å². The summed E-state index contributed by atoms with van der Waals surface area (Å²) in [5.74, 6) is -2.38. The van der Waals surface area contributed by atoms with E-state index in [-0.39, 0.29) is 37.4 Å². The molecule has 43 heavy (non-hydrogen) atoms. The first-order valence-corrected chi connectivity index (χ1v) is 15.5. The average Bonchev–Trinajstić information content (AvgIpc) is 3.29. The van der Waals surface area contributed by atoms with Gasteiger partial charge in [-0.25, -0.2) is 0 Å². The molecule has 1 unspecified atom stereocenters. The van der Waals surface area contributed by atoms with Crippen molar-refractivity contribution in [1.29, 1.82) is 0 Å². The van der Waals surface area contributed by atoms with Gasteiger partial charge in [-0.1, -0.05) is 85.3 Å². The number of carbonyl (C=O) groups excluding carboxylic acids is 3. The summed E-state index contributed by atoms with van der Waals surface area (Å²) in [6, 6.07) is 14.3. The predicted octanol–water partition coefficient (Wildman–Crippen LogP) is 4.28. The van der Waals surface area contributed by atoms with E-state index in [1.807, 2.05) is 80.6 Å². The van der Waals surface area contributed by atoms with Gasteiger partial charge in [0.05, 0.1) is 28.1 Å². The molecule has 6 rings (SSSR count).